The molecule has 0 atom stereocenters. The van der Waals surface area contributed by atoms with Crippen molar-refractivity contribution in [3.05, 3.63) is 26.7 Å². The van der Waals surface area contributed by atoms with Crippen molar-refractivity contribution in [3.63, 3.8) is 0 Å². The zero-order valence-electron chi connectivity index (χ0n) is 12.1. The molecule has 1 aromatic carbocycles. The maximum atomic E-state index is 12.2. The van der Waals surface area contributed by atoms with Gasteiger partial charge in [0.2, 0.25) is 10.0 Å². The smallest absolute Gasteiger partial charge is 0.321 e. The predicted octanol–water partition coefficient (Wildman–Crippen LogP) is 1.86. The van der Waals surface area contributed by atoms with Crippen LogP contribution < -0.4 is 10.0 Å². The van der Waals surface area contributed by atoms with Crippen LogP contribution in [0.4, 0.5) is 0 Å². The van der Waals surface area contributed by atoms with E-state index in [0.717, 1.165) is 12.8 Å². The highest BCUT2D eigenvalue weighted by molar-refractivity contribution is 9.10. The van der Waals surface area contributed by atoms with Gasteiger partial charge in [0.05, 0.1) is 10.0 Å². The molecule has 1 aliphatic rings. The normalized spacial score (nSPS) is 14.3. The van der Waals surface area contributed by atoms with Crippen molar-refractivity contribution in [2.24, 2.45) is 0 Å². The Bertz CT molecular complexity index is 745. The number of rotatable bonds is 7. The summed E-state index contributed by atoms with van der Waals surface area (Å²) in [5.74, 6) is -1.32. The molecule has 11 heteroatoms. The fourth-order valence-electron chi connectivity index (χ4n) is 1.71. The second-order valence-electron chi connectivity index (χ2n) is 5.03. The highest BCUT2D eigenvalue weighted by atomic mass is 79.9. The van der Waals surface area contributed by atoms with Crippen LogP contribution in [0, 0.1) is 0 Å². The van der Waals surface area contributed by atoms with Crippen LogP contribution in [0.15, 0.2) is 21.5 Å². The van der Waals surface area contributed by atoms with E-state index >= 15 is 0 Å². The summed E-state index contributed by atoms with van der Waals surface area (Å²) in [4.78, 5) is 22.6. The van der Waals surface area contributed by atoms with Gasteiger partial charge in [0.25, 0.3) is 5.91 Å². The van der Waals surface area contributed by atoms with Gasteiger partial charge < -0.3 is 10.1 Å². The second-order valence-corrected chi connectivity index (χ2v) is 8.46. The summed E-state index contributed by atoms with van der Waals surface area (Å²) in [5, 5.41) is 2.44. The van der Waals surface area contributed by atoms with Crippen LogP contribution in [0.25, 0.3) is 0 Å². The first kappa shape index (κ1) is 19.5. The molecule has 0 saturated heterocycles. The van der Waals surface area contributed by atoms with E-state index in [2.05, 4.69) is 21.2 Å². The van der Waals surface area contributed by atoms with E-state index in [1.165, 1.54) is 12.1 Å². The summed E-state index contributed by atoms with van der Waals surface area (Å²) in [6.45, 7) is -1.11. The lowest BCUT2D eigenvalue weighted by atomic mass is 10.4. The minimum Gasteiger partial charge on any atom is -0.455 e. The molecule has 0 aromatic heterocycles. The summed E-state index contributed by atoms with van der Waals surface area (Å²) < 4.78 is 31.6. The molecule has 0 aliphatic heterocycles. The summed E-state index contributed by atoms with van der Waals surface area (Å²) in [5.41, 5.74) is 0. The molecule has 2 N–H and O–H groups in total. The Morgan fingerprint density at radius 3 is 2.38 bits per heavy atom. The van der Waals surface area contributed by atoms with Crippen LogP contribution >= 0.6 is 39.1 Å². The van der Waals surface area contributed by atoms with Crippen molar-refractivity contribution < 1.29 is 22.7 Å². The average molecular weight is 460 g/mol. The summed E-state index contributed by atoms with van der Waals surface area (Å²) >= 11 is 14.9. The number of carbonyl (C=O) groups is 2. The Morgan fingerprint density at radius 2 is 1.83 bits per heavy atom. The maximum Gasteiger partial charge on any atom is 0.321 e. The van der Waals surface area contributed by atoms with Gasteiger partial charge in [-0.2, -0.15) is 4.72 Å². The Labute approximate surface area is 157 Å². The standard InChI is InChI=1S/C13H13BrCl2N2O5S/c14-7-3-9(15)13(10(16)4-7)24(21,22)17-5-12(20)23-6-11(19)18-8-1-2-8/h3-4,8,17H,1-2,5-6H2,(H,18,19). The number of halogens is 3. The topological polar surface area (TPSA) is 102 Å². The lowest BCUT2D eigenvalue weighted by molar-refractivity contribution is -0.147. The fourth-order valence-corrected chi connectivity index (χ4v) is 4.61. The number of amides is 1. The molecule has 2 rings (SSSR count). The molecule has 1 amide bonds. The highest BCUT2D eigenvalue weighted by Gasteiger charge is 2.25. The van der Waals surface area contributed by atoms with Crippen LogP contribution in [0.3, 0.4) is 0 Å². The molecular formula is C13H13BrCl2N2O5S. The number of carbonyl (C=O) groups excluding carboxylic acids is 2. The van der Waals surface area contributed by atoms with Crippen LogP contribution in [0.5, 0.6) is 0 Å². The minimum absolute atomic E-state index is 0.0981. The average Bonchev–Trinajstić information content (AvgIpc) is 3.25. The molecule has 1 aliphatic carbocycles. The van der Waals surface area contributed by atoms with Gasteiger partial charge in [0.1, 0.15) is 11.4 Å². The van der Waals surface area contributed by atoms with Gasteiger partial charge in [-0.15, -0.1) is 0 Å². The van der Waals surface area contributed by atoms with E-state index in [9.17, 15) is 18.0 Å². The number of nitrogens with one attached hydrogen (secondary N) is 2. The van der Waals surface area contributed by atoms with E-state index in [1.54, 1.807) is 0 Å². The molecule has 0 unspecified atom stereocenters. The monoisotopic (exact) mass is 458 g/mol. The third kappa shape index (κ3) is 5.59. The van der Waals surface area contributed by atoms with Crippen LogP contribution in [-0.4, -0.2) is 39.5 Å². The first-order valence-electron chi connectivity index (χ1n) is 6.78. The van der Waals surface area contributed by atoms with Gasteiger partial charge in [0, 0.05) is 10.5 Å². The minimum atomic E-state index is -4.12. The number of benzene rings is 1. The van der Waals surface area contributed by atoms with Crippen molar-refractivity contribution >= 4 is 61.0 Å². The first-order valence-corrected chi connectivity index (χ1v) is 9.81. The quantitative estimate of drug-likeness (QED) is 0.606. The zero-order chi connectivity index (χ0) is 17.9. The van der Waals surface area contributed by atoms with E-state index in [1.807, 2.05) is 4.72 Å². The second kappa shape index (κ2) is 8.01. The highest BCUT2D eigenvalue weighted by Crippen LogP contribution is 2.32. The summed E-state index contributed by atoms with van der Waals surface area (Å²) in [7, 11) is -4.12. The van der Waals surface area contributed by atoms with Crippen LogP contribution in [0.2, 0.25) is 10.0 Å². The van der Waals surface area contributed by atoms with Gasteiger partial charge in [-0.1, -0.05) is 39.1 Å². The van der Waals surface area contributed by atoms with Crippen molar-refractivity contribution in [1.82, 2.24) is 10.0 Å². The molecule has 1 aromatic rings. The Hall–Kier alpha value is -0.870. The number of hydrogen-bond donors (Lipinski definition) is 2. The third-order valence-corrected chi connectivity index (χ3v) is 5.72. The third-order valence-electron chi connectivity index (χ3n) is 2.95. The van der Waals surface area contributed by atoms with Crippen molar-refractivity contribution in [2.75, 3.05) is 13.2 Å². The van der Waals surface area contributed by atoms with Crippen molar-refractivity contribution in [1.29, 1.82) is 0 Å². The molecule has 0 spiro atoms. The number of hydrogen-bond acceptors (Lipinski definition) is 5. The first-order chi connectivity index (χ1) is 11.2. The van der Waals surface area contributed by atoms with Crippen molar-refractivity contribution in [3.8, 4) is 0 Å². The van der Waals surface area contributed by atoms with Gasteiger partial charge in [0.15, 0.2) is 6.61 Å². The molecule has 1 saturated carbocycles. The molecule has 132 valence electrons. The van der Waals surface area contributed by atoms with E-state index in [0.29, 0.717) is 4.47 Å². The summed E-state index contributed by atoms with van der Waals surface area (Å²) in [6.07, 6.45) is 1.82. The van der Waals surface area contributed by atoms with Crippen LogP contribution in [0.1, 0.15) is 12.8 Å². The SMILES string of the molecule is O=C(COC(=O)CNS(=O)(=O)c1c(Cl)cc(Br)cc1Cl)NC1CC1. The summed E-state index contributed by atoms with van der Waals surface area (Å²) in [6, 6.07) is 2.88. The molecular weight excluding hydrogens is 447 g/mol. The Kier molecular flexibility index (Phi) is 6.49. The van der Waals surface area contributed by atoms with E-state index in [4.69, 9.17) is 27.9 Å². The van der Waals surface area contributed by atoms with Gasteiger partial charge in [-0.05, 0) is 25.0 Å². The molecule has 0 heterocycles. The van der Waals surface area contributed by atoms with Gasteiger partial charge in [-0.25, -0.2) is 8.42 Å². The number of sulfonamides is 1. The van der Waals surface area contributed by atoms with Crippen molar-refractivity contribution in [2.45, 2.75) is 23.8 Å². The fraction of sp³-hybridized carbons (Fsp3) is 0.385. The molecule has 1 fully saturated rings. The molecule has 24 heavy (non-hydrogen) atoms. The predicted molar refractivity (Wildman–Crippen MR) is 91.5 cm³/mol. The van der Waals surface area contributed by atoms with Gasteiger partial charge in [-0.3, -0.25) is 9.59 Å². The number of esters is 1. The maximum absolute atomic E-state index is 12.2. The number of ether oxygens (including phenoxy) is 1. The Balaban J connectivity index is 1.90. The Morgan fingerprint density at radius 1 is 1.25 bits per heavy atom. The zero-order valence-corrected chi connectivity index (χ0v) is 16.1. The van der Waals surface area contributed by atoms with E-state index in [-0.39, 0.29) is 21.0 Å². The molecule has 7 nitrogen and oxygen atoms in total. The lowest BCUT2D eigenvalue weighted by Crippen LogP contribution is -2.34. The largest absolute Gasteiger partial charge is 0.455 e. The lowest BCUT2D eigenvalue weighted by Gasteiger charge is -2.10. The molecule has 0 radical (unpaired) electrons. The van der Waals surface area contributed by atoms with Crippen LogP contribution in [-0.2, 0) is 24.3 Å². The molecule has 0 bridgehead atoms. The van der Waals surface area contributed by atoms with E-state index < -0.39 is 35.1 Å². The van der Waals surface area contributed by atoms with Gasteiger partial charge >= 0.3 is 5.97 Å².